The van der Waals surface area contributed by atoms with Crippen molar-refractivity contribution in [2.24, 2.45) is 0 Å². The van der Waals surface area contributed by atoms with Gasteiger partial charge in [-0.25, -0.2) is 0 Å². The van der Waals surface area contributed by atoms with Crippen LogP contribution in [0.5, 0.6) is 5.75 Å². The molecule has 0 unspecified atom stereocenters. The fourth-order valence-corrected chi connectivity index (χ4v) is 2.56. The molecule has 24 heavy (non-hydrogen) atoms. The van der Waals surface area contributed by atoms with Crippen molar-refractivity contribution in [3.63, 3.8) is 0 Å². The van der Waals surface area contributed by atoms with Crippen LogP contribution >= 0.6 is 0 Å². The normalized spacial score (nSPS) is 15.6. The van der Waals surface area contributed by atoms with E-state index in [2.05, 4.69) is 4.98 Å². The maximum absolute atomic E-state index is 12.8. The average molecular weight is 327 g/mol. The van der Waals surface area contributed by atoms with Gasteiger partial charge in [-0.2, -0.15) is 0 Å². The van der Waals surface area contributed by atoms with Crippen molar-refractivity contribution >= 4 is 17.5 Å². The van der Waals surface area contributed by atoms with Gasteiger partial charge in [0, 0.05) is 6.07 Å². The Bertz CT molecular complexity index is 815. The predicted octanol–water partition coefficient (Wildman–Crippen LogP) is 3.00. The third kappa shape index (κ3) is 2.80. The Labute approximate surface area is 139 Å². The number of carbonyl (C=O) groups excluding carboxylic acids is 1. The summed E-state index contributed by atoms with van der Waals surface area (Å²) < 4.78 is 5.68. The highest BCUT2D eigenvalue weighted by molar-refractivity contribution is 6.01. The van der Waals surface area contributed by atoms with Crippen molar-refractivity contribution < 1.29 is 14.5 Å². The summed E-state index contributed by atoms with van der Waals surface area (Å²) in [5.41, 5.74) is 0.961. The molecule has 1 amide bonds. The smallest absolute Gasteiger partial charge is 0.366 e. The lowest BCUT2D eigenvalue weighted by Gasteiger charge is -2.35. The molecule has 2 heterocycles. The summed E-state index contributed by atoms with van der Waals surface area (Å²) in [4.78, 5) is 28.6. The zero-order valence-corrected chi connectivity index (χ0v) is 13.6. The summed E-state index contributed by atoms with van der Waals surface area (Å²) in [5.74, 6) is -0.0752. The van der Waals surface area contributed by atoms with E-state index in [0.717, 1.165) is 11.1 Å². The van der Waals surface area contributed by atoms with Crippen LogP contribution in [0.2, 0.25) is 0 Å². The van der Waals surface area contributed by atoms with Crippen molar-refractivity contribution in [1.29, 1.82) is 0 Å². The largest absolute Gasteiger partial charge is 0.472 e. The molecular weight excluding hydrogens is 310 g/mol. The van der Waals surface area contributed by atoms with Gasteiger partial charge in [-0.3, -0.25) is 9.69 Å². The molecule has 0 atom stereocenters. The first kappa shape index (κ1) is 15.9. The number of anilines is 1. The van der Waals surface area contributed by atoms with Crippen LogP contribution in [0.25, 0.3) is 0 Å². The van der Waals surface area contributed by atoms with Crippen LogP contribution in [-0.4, -0.2) is 21.4 Å². The van der Waals surface area contributed by atoms with Crippen molar-refractivity contribution in [3.8, 4) is 5.75 Å². The number of amides is 1. The van der Waals surface area contributed by atoms with E-state index in [1.807, 2.05) is 31.2 Å². The quantitative estimate of drug-likeness (QED) is 0.639. The minimum atomic E-state index is -1.06. The number of ether oxygens (including phenoxy) is 1. The van der Waals surface area contributed by atoms with Crippen LogP contribution in [0.4, 0.5) is 11.6 Å². The van der Waals surface area contributed by atoms with E-state index in [1.54, 1.807) is 13.8 Å². The number of nitro groups is 1. The van der Waals surface area contributed by atoms with Crippen LogP contribution < -0.4 is 9.64 Å². The van der Waals surface area contributed by atoms with Gasteiger partial charge in [-0.05, 0) is 42.3 Å². The van der Waals surface area contributed by atoms with Crippen molar-refractivity contribution in [1.82, 2.24) is 4.98 Å². The fraction of sp³-hybridized carbons (Fsp3) is 0.294. The topological polar surface area (TPSA) is 85.6 Å². The maximum atomic E-state index is 12.8. The predicted molar refractivity (Wildman–Crippen MR) is 88.0 cm³/mol. The van der Waals surface area contributed by atoms with E-state index in [-0.39, 0.29) is 24.1 Å². The molecule has 0 radical (unpaired) electrons. The lowest BCUT2D eigenvalue weighted by molar-refractivity contribution is -0.389. The molecule has 7 heteroatoms. The van der Waals surface area contributed by atoms with Crippen LogP contribution in [0.1, 0.15) is 25.0 Å². The summed E-state index contributed by atoms with van der Waals surface area (Å²) in [6.07, 6.45) is 0. The molecule has 1 aromatic heterocycles. The Kier molecular flexibility index (Phi) is 3.71. The van der Waals surface area contributed by atoms with Crippen LogP contribution in [-0.2, 0) is 11.3 Å². The number of fused-ring (bicyclic) bond motifs is 1. The van der Waals surface area contributed by atoms with Crippen LogP contribution in [0.3, 0.4) is 0 Å². The molecule has 1 aliphatic heterocycles. The van der Waals surface area contributed by atoms with Crippen molar-refractivity contribution in [3.05, 3.63) is 57.6 Å². The highest BCUT2D eigenvalue weighted by Gasteiger charge is 2.44. The summed E-state index contributed by atoms with van der Waals surface area (Å²) in [6, 6.07) is 10.5. The molecule has 0 fully saturated rings. The molecule has 7 nitrogen and oxygen atoms in total. The second-order valence-electron chi connectivity index (χ2n) is 6.24. The molecule has 1 aliphatic rings. The molecule has 1 aromatic carbocycles. The van der Waals surface area contributed by atoms with Gasteiger partial charge in [0.2, 0.25) is 0 Å². The highest BCUT2D eigenvalue weighted by Crippen LogP contribution is 2.38. The number of hydrogen-bond acceptors (Lipinski definition) is 5. The van der Waals surface area contributed by atoms with Crippen LogP contribution in [0.15, 0.2) is 36.4 Å². The lowest BCUT2D eigenvalue weighted by atomic mass is 10.0. The number of aryl methyl sites for hydroxylation is 1. The summed E-state index contributed by atoms with van der Waals surface area (Å²) in [7, 11) is 0. The summed E-state index contributed by atoms with van der Waals surface area (Å²) in [5, 5.41) is 11.0. The van der Waals surface area contributed by atoms with Crippen LogP contribution in [0, 0.1) is 17.0 Å². The molecule has 2 aromatic rings. The van der Waals surface area contributed by atoms with Gasteiger partial charge in [-0.15, -0.1) is 0 Å². The third-order valence-electron chi connectivity index (χ3n) is 3.85. The number of aromatic nitrogens is 1. The molecule has 0 saturated heterocycles. The minimum Gasteiger partial charge on any atom is -0.472 e. The first-order valence-corrected chi connectivity index (χ1v) is 7.50. The molecule has 0 saturated carbocycles. The van der Waals surface area contributed by atoms with Gasteiger partial charge in [0.05, 0.1) is 6.54 Å². The van der Waals surface area contributed by atoms with Gasteiger partial charge in [0.1, 0.15) is 0 Å². The fourth-order valence-electron chi connectivity index (χ4n) is 2.56. The van der Waals surface area contributed by atoms with Gasteiger partial charge in [0.15, 0.2) is 11.4 Å². The average Bonchev–Trinajstić information content (AvgIpc) is 2.53. The SMILES string of the molecule is Cc1ccc(CN2C(=O)C(C)(C)Oc3ccc([N+](=O)[O-])nc32)cc1. The third-order valence-corrected chi connectivity index (χ3v) is 3.85. The van der Waals surface area contributed by atoms with E-state index in [4.69, 9.17) is 4.74 Å². The van der Waals surface area contributed by atoms with Gasteiger partial charge in [0.25, 0.3) is 11.7 Å². The van der Waals surface area contributed by atoms with Crippen molar-refractivity contribution in [2.75, 3.05) is 4.90 Å². The molecule has 124 valence electrons. The Hall–Kier alpha value is -2.96. The number of hydrogen-bond donors (Lipinski definition) is 0. The molecule has 0 aliphatic carbocycles. The molecule has 0 spiro atoms. The molecule has 3 rings (SSSR count). The first-order chi connectivity index (χ1) is 11.3. The highest BCUT2D eigenvalue weighted by atomic mass is 16.6. The molecule has 0 bridgehead atoms. The van der Waals surface area contributed by atoms with E-state index < -0.39 is 10.5 Å². The standard InChI is InChI=1S/C17H17N3O4/c1-11-4-6-12(7-5-11)10-19-15-13(24-17(2,3)16(19)21)8-9-14(18-15)20(22)23/h4-9H,10H2,1-3H3. The van der Waals surface area contributed by atoms with Gasteiger partial charge in [-0.1, -0.05) is 29.8 Å². The molecule has 0 N–H and O–H groups in total. The molecular formula is C17H17N3O4. The lowest BCUT2D eigenvalue weighted by Crippen LogP contribution is -2.52. The zero-order chi connectivity index (χ0) is 17.5. The Morgan fingerprint density at radius 3 is 2.50 bits per heavy atom. The van der Waals surface area contributed by atoms with Crippen molar-refractivity contribution in [2.45, 2.75) is 32.9 Å². The second-order valence-corrected chi connectivity index (χ2v) is 6.24. The minimum absolute atomic E-state index is 0.175. The first-order valence-electron chi connectivity index (χ1n) is 7.50. The number of pyridine rings is 1. The monoisotopic (exact) mass is 327 g/mol. The summed E-state index contributed by atoms with van der Waals surface area (Å²) >= 11 is 0. The zero-order valence-electron chi connectivity index (χ0n) is 13.6. The van der Waals surface area contributed by atoms with E-state index in [1.165, 1.54) is 17.0 Å². The summed E-state index contributed by atoms with van der Waals surface area (Å²) in [6.45, 7) is 5.59. The number of carbonyl (C=O) groups is 1. The number of benzene rings is 1. The van der Waals surface area contributed by atoms with E-state index in [9.17, 15) is 14.9 Å². The number of nitrogens with zero attached hydrogens (tertiary/aromatic N) is 3. The van der Waals surface area contributed by atoms with Gasteiger partial charge < -0.3 is 14.9 Å². The number of rotatable bonds is 3. The van der Waals surface area contributed by atoms with E-state index in [0.29, 0.717) is 5.75 Å². The Morgan fingerprint density at radius 1 is 1.21 bits per heavy atom. The maximum Gasteiger partial charge on any atom is 0.366 e. The second kappa shape index (κ2) is 5.59. The van der Waals surface area contributed by atoms with E-state index >= 15 is 0 Å². The Balaban J connectivity index is 2.05. The Morgan fingerprint density at radius 2 is 1.88 bits per heavy atom. The van der Waals surface area contributed by atoms with Gasteiger partial charge >= 0.3 is 5.82 Å².